The molecule has 0 aliphatic carbocycles. The highest BCUT2D eigenvalue weighted by Gasteiger charge is 2.27. The number of piperazine rings is 1. The minimum atomic E-state index is -0.451. The third-order valence-corrected chi connectivity index (χ3v) is 4.29. The Morgan fingerprint density at radius 2 is 2.04 bits per heavy atom. The molecule has 2 rings (SSSR count). The number of benzene rings is 1. The molecule has 1 fully saturated rings. The molecule has 0 saturated carbocycles. The minimum absolute atomic E-state index is 0.180. The second-order valence-corrected chi connectivity index (χ2v) is 7.75. The Morgan fingerprint density at radius 3 is 2.65 bits per heavy atom. The number of esters is 1. The van der Waals surface area contributed by atoms with Crippen LogP contribution in [0.3, 0.4) is 0 Å². The zero-order valence-corrected chi connectivity index (χ0v) is 16.4. The molecule has 0 spiro atoms. The quantitative estimate of drug-likeness (QED) is 0.571. The van der Waals surface area contributed by atoms with Gasteiger partial charge in [-0.3, -0.25) is 14.6 Å². The predicted octanol–water partition coefficient (Wildman–Crippen LogP) is 2.51. The van der Waals surface area contributed by atoms with Crippen LogP contribution >= 0.6 is 0 Å². The van der Waals surface area contributed by atoms with Gasteiger partial charge in [0.1, 0.15) is 5.60 Å². The highest BCUT2D eigenvalue weighted by atomic mass is 16.8. The standard InChI is InChI=1S/C19H30N3O4/c1-15-12-20(14-18(23)26-19(2,3)4)9-10-21(15)13-16-7-6-8-17(11-16)22(24)25-5/h6-8,11,15H,9-10,12-14H2,1-5H3/q+1. The van der Waals surface area contributed by atoms with Gasteiger partial charge in [-0.15, -0.1) is 0 Å². The molecule has 144 valence electrons. The summed E-state index contributed by atoms with van der Waals surface area (Å²) in [4.78, 5) is 33.3. The van der Waals surface area contributed by atoms with Gasteiger partial charge in [0.2, 0.25) is 0 Å². The summed E-state index contributed by atoms with van der Waals surface area (Å²) in [6, 6.07) is 7.74. The Balaban J connectivity index is 1.89. The van der Waals surface area contributed by atoms with Crippen LogP contribution in [-0.2, 0) is 20.9 Å². The number of hydrogen-bond acceptors (Lipinski definition) is 6. The van der Waals surface area contributed by atoms with Crippen LogP contribution < -0.4 is 0 Å². The summed E-state index contributed by atoms with van der Waals surface area (Å²) in [5, 5.41) is 0. The van der Waals surface area contributed by atoms with Crippen LogP contribution in [-0.4, -0.2) is 65.6 Å². The van der Waals surface area contributed by atoms with Gasteiger partial charge < -0.3 is 4.74 Å². The van der Waals surface area contributed by atoms with E-state index in [0.29, 0.717) is 23.2 Å². The van der Waals surface area contributed by atoms with Crippen LogP contribution in [0, 0.1) is 4.91 Å². The van der Waals surface area contributed by atoms with Gasteiger partial charge in [0.25, 0.3) is 4.92 Å². The van der Waals surface area contributed by atoms with Crippen LogP contribution in [0.15, 0.2) is 24.3 Å². The molecule has 1 aliphatic rings. The number of carbonyl (C=O) groups excluding carboxylic acids is 1. The third-order valence-electron chi connectivity index (χ3n) is 4.29. The largest absolute Gasteiger partial charge is 0.459 e. The van der Waals surface area contributed by atoms with Gasteiger partial charge in [-0.05, 0) is 33.3 Å². The summed E-state index contributed by atoms with van der Waals surface area (Å²) < 4.78 is 5.40. The normalized spacial score (nSPS) is 19.2. The molecule has 1 atom stereocenters. The van der Waals surface area contributed by atoms with Gasteiger partial charge in [-0.1, -0.05) is 12.1 Å². The fourth-order valence-electron chi connectivity index (χ4n) is 3.11. The highest BCUT2D eigenvalue weighted by Crippen LogP contribution is 2.18. The Kier molecular flexibility index (Phi) is 6.72. The van der Waals surface area contributed by atoms with E-state index in [1.54, 1.807) is 6.07 Å². The zero-order chi connectivity index (χ0) is 19.3. The van der Waals surface area contributed by atoms with Crippen molar-refractivity contribution in [3.63, 3.8) is 0 Å². The molecule has 0 radical (unpaired) electrons. The zero-order valence-electron chi connectivity index (χ0n) is 16.4. The molecule has 1 saturated heterocycles. The molecule has 26 heavy (non-hydrogen) atoms. The van der Waals surface area contributed by atoms with E-state index in [2.05, 4.69) is 16.7 Å². The molecule has 7 heteroatoms. The summed E-state index contributed by atoms with van der Waals surface area (Å²) in [5.74, 6) is -0.180. The van der Waals surface area contributed by atoms with Crippen molar-refractivity contribution >= 4 is 11.7 Å². The molecule has 1 aromatic rings. The number of carbonyl (C=O) groups is 1. The van der Waals surface area contributed by atoms with Crippen LogP contribution in [0.25, 0.3) is 0 Å². The molecule has 0 amide bonds. The van der Waals surface area contributed by atoms with Crippen LogP contribution in [0.2, 0.25) is 0 Å². The lowest BCUT2D eigenvalue weighted by molar-refractivity contribution is -0.736. The Hall–Kier alpha value is -1.99. The first-order chi connectivity index (χ1) is 12.2. The highest BCUT2D eigenvalue weighted by molar-refractivity contribution is 5.72. The first kappa shape index (κ1) is 20.3. The summed E-state index contributed by atoms with van der Waals surface area (Å²) >= 11 is 0. The Labute approximate surface area is 155 Å². The van der Waals surface area contributed by atoms with Crippen molar-refractivity contribution in [2.24, 2.45) is 0 Å². The summed E-state index contributed by atoms with van der Waals surface area (Å²) in [5.41, 5.74) is 1.10. The second kappa shape index (κ2) is 8.60. The monoisotopic (exact) mass is 364 g/mol. The maximum Gasteiger partial charge on any atom is 0.320 e. The fraction of sp³-hybridized carbons (Fsp3) is 0.632. The molecule has 0 bridgehead atoms. The topological polar surface area (TPSA) is 62.1 Å². The minimum Gasteiger partial charge on any atom is -0.459 e. The SMILES string of the molecule is CO[N+](=O)c1cccc(CN2CCN(CC(=O)OC(C)(C)C)CC2C)c1. The summed E-state index contributed by atoms with van der Waals surface area (Å²) in [6.45, 7) is 11.4. The van der Waals surface area contributed by atoms with E-state index in [9.17, 15) is 9.70 Å². The number of rotatable bonds is 6. The molecule has 0 aromatic heterocycles. The average molecular weight is 364 g/mol. The van der Waals surface area contributed by atoms with Crippen molar-refractivity contribution in [3.05, 3.63) is 34.7 Å². The van der Waals surface area contributed by atoms with E-state index in [1.165, 1.54) is 7.11 Å². The van der Waals surface area contributed by atoms with Gasteiger partial charge in [0.15, 0.2) is 7.11 Å². The number of hydrogen-bond donors (Lipinski definition) is 0. The molecule has 1 aliphatic heterocycles. The molecular formula is C19H30N3O4+. The lowest BCUT2D eigenvalue weighted by Crippen LogP contribution is -2.52. The lowest BCUT2D eigenvalue weighted by Gasteiger charge is -2.39. The second-order valence-electron chi connectivity index (χ2n) is 7.75. The van der Waals surface area contributed by atoms with E-state index in [-0.39, 0.29) is 5.97 Å². The maximum atomic E-state index is 12.0. The smallest absolute Gasteiger partial charge is 0.320 e. The van der Waals surface area contributed by atoms with Gasteiger partial charge >= 0.3 is 11.7 Å². The van der Waals surface area contributed by atoms with Crippen LogP contribution in [0.1, 0.15) is 33.3 Å². The van der Waals surface area contributed by atoms with Gasteiger partial charge in [0.05, 0.1) is 11.5 Å². The van der Waals surface area contributed by atoms with Crippen molar-refractivity contribution in [2.75, 3.05) is 33.3 Å². The van der Waals surface area contributed by atoms with Gasteiger partial charge in [0, 0.05) is 44.4 Å². The molecule has 0 N–H and O–H groups in total. The molecular weight excluding hydrogens is 334 g/mol. The van der Waals surface area contributed by atoms with E-state index >= 15 is 0 Å². The molecule has 1 heterocycles. The predicted molar refractivity (Wildman–Crippen MR) is 98.9 cm³/mol. The van der Waals surface area contributed by atoms with E-state index < -0.39 is 5.60 Å². The summed E-state index contributed by atoms with van der Waals surface area (Å²) in [6.07, 6.45) is 0. The first-order valence-electron chi connectivity index (χ1n) is 8.96. The van der Waals surface area contributed by atoms with Crippen molar-refractivity contribution < 1.29 is 19.3 Å². The average Bonchev–Trinajstić information content (AvgIpc) is 2.55. The number of ether oxygens (including phenoxy) is 1. The number of nitrogens with zero attached hydrogens (tertiary/aromatic N) is 3. The van der Waals surface area contributed by atoms with Gasteiger partial charge in [-0.2, -0.15) is 0 Å². The van der Waals surface area contributed by atoms with Crippen molar-refractivity contribution in [2.45, 2.75) is 45.9 Å². The van der Waals surface area contributed by atoms with Crippen LogP contribution in [0.4, 0.5) is 5.69 Å². The first-order valence-corrected chi connectivity index (χ1v) is 8.96. The molecule has 1 unspecified atom stereocenters. The van der Waals surface area contributed by atoms with E-state index in [4.69, 9.17) is 9.57 Å². The fourth-order valence-corrected chi connectivity index (χ4v) is 3.11. The lowest BCUT2D eigenvalue weighted by atomic mass is 10.1. The Bertz CT molecular complexity index is 642. The Morgan fingerprint density at radius 1 is 1.31 bits per heavy atom. The van der Waals surface area contributed by atoms with Crippen LogP contribution in [0.5, 0.6) is 0 Å². The van der Waals surface area contributed by atoms with E-state index in [1.807, 2.05) is 39.0 Å². The third kappa shape index (κ3) is 6.07. The maximum absolute atomic E-state index is 12.0. The van der Waals surface area contributed by atoms with Crippen molar-refractivity contribution in [3.8, 4) is 0 Å². The van der Waals surface area contributed by atoms with Crippen molar-refractivity contribution in [1.82, 2.24) is 9.80 Å². The summed E-state index contributed by atoms with van der Waals surface area (Å²) in [7, 11) is 1.35. The van der Waals surface area contributed by atoms with E-state index in [0.717, 1.165) is 31.7 Å². The molecule has 1 aromatic carbocycles. The van der Waals surface area contributed by atoms with Crippen molar-refractivity contribution in [1.29, 1.82) is 0 Å². The molecule has 7 nitrogen and oxygen atoms in total. The van der Waals surface area contributed by atoms with Gasteiger partial charge in [-0.25, -0.2) is 4.84 Å².